The lowest BCUT2D eigenvalue weighted by Crippen LogP contribution is -2.50. The molecule has 0 radical (unpaired) electrons. The molecule has 2 saturated heterocycles. The maximum atomic E-state index is 13.4. The summed E-state index contributed by atoms with van der Waals surface area (Å²) in [6.07, 6.45) is 4.13. The Morgan fingerprint density at radius 1 is 0.865 bits per heavy atom. The Kier molecular flexibility index (Phi) is 9.62. The van der Waals surface area contributed by atoms with Gasteiger partial charge in [-0.3, -0.25) is 9.69 Å². The quantitative estimate of drug-likeness (QED) is 0.158. The Morgan fingerprint density at radius 2 is 1.52 bits per heavy atom. The second kappa shape index (κ2) is 14.3. The van der Waals surface area contributed by atoms with Gasteiger partial charge in [-0.1, -0.05) is 30.3 Å². The van der Waals surface area contributed by atoms with Gasteiger partial charge >= 0.3 is 12.2 Å². The van der Waals surface area contributed by atoms with Crippen LogP contribution in [0, 0.1) is 0 Å². The molecule has 2 aliphatic rings. The van der Waals surface area contributed by atoms with Gasteiger partial charge in [0.05, 0.1) is 48.7 Å². The molecule has 0 bridgehead atoms. The summed E-state index contributed by atoms with van der Waals surface area (Å²) in [5.41, 5.74) is 5.21. The zero-order chi connectivity index (χ0) is 36.6. The van der Waals surface area contributed by atoms with E-state index in [0.717, 1.165) is 75.7 Å². The summed E-state index contributed by atoms with van der Waals surface area (Å²) >= 11 is 0. The van der Waals surface area contributed by atoms with Gasteiger partial charge in [-0.2, -0.15) is 0 Å². The number of likely N-dealkylation sites (tertiary alicyclic amines) is 2. The van der Waals surface area contributed by atoms with E-state index in [4.69, 9.17) is 19.2 Å². The molecule has 13 nitrogen and oxygen atoms in total. The summed E-state index contributed by atoms with van der Waals surface area (Å²) in [4.78, 5) is 58.2. The highest BCUT2D eigenvalue weighted by Crippen LogP contribution is 2.36. The number of fused-ring (bicyclic) bond motifs is 2. The SMILES string of the molecule is COC[C@H](NC(=O)OC)C(=O)N1CCC[C@H]1c1ncc(-c2ccc3cc(-c4ccc5nc([C@@H]6CCCN6C(=O)OC(C)(C)C)[nH]c5c4)ccc3c2)[nH]1. The van der Waals surface area contributed by atoms with Crippen molar-refractivity contribution in [3.8, 4) is 22.4 Å². The molecule has 2 aliphatic heterocycles. The molecule has 3 amide bonds. The Labute approximate surface area is 302 Å². The van der Waals surface area contributed by atoms with Crippen molar-refractivity contribution in [3.05, 3.63) is 72.4 Å². The Hall–Kier alpha value is -5.43. The number of imidazole rings is 2. The second-order valence-electron chi connectivity index (χ2n) is 14.5. The molecule has 52 heavy (non-hydrogen) atoms. The number of hydrogen-bond donors (Lipinski definition) is 3. The molecule has 2 aromatic heterocycles. The molecule has 272 valence electrons. The fourth-order valence-electron chi connectivity index (χ4n) is 7.26. The minimum absolute atomic E-state index is 0.0364. The van der Waals surface area contributed by atoms with E-state index in [2.05, 4.69) is 68.8 Å². The summed E-state index contributed by atoms with van der Waals surface area (Å²) < 4.78 is 15.6. The molecule has 3 aromatic carbocycles. The topological polar surface area (TPSA) is 155 Å². The monoisotopic (exact) mass is 707 g/mol. The number of amides is 3. The number of carbonyl (C=O) groups excluding carboxylic acids is 3. The Bertz CT molecular complexity index is 2120. The molecule has 7 rings (SSSR count). The molecular formula is C39H45N7O6. The number of aromatic amines is 2. The van der Waals surface area contributed by atoms with Gasteiger partial charge in [0.2, 0.25) is 5.91 Å². The van der Waals surface area contributed by atoms with E-state index in [1.165, 1.54) is 14.2 Å². The van der Waals surface area contributed by atoms with Crippen LogP contribution in [0.3, 0.4) is 0 Å². The van der Waals surface area contributed by atoms with Crippen molar-refractivity contribution >= 4 is 39.9 Å². The van der Waals surface area contributed by atoms with Crippen LogP contribution in [0.4, 0.5) is 9.59 Å². The van der Waals surface area contributed by atoms with Gasteiger partial charge in [0, 0.05) is 25.8 Å². The lowest BCUT2D eigenvalue weighted by molar-refractivity contribution is -0.135. The minimum atomic E-state index is -0.856. The number of nitrogens with zero attached hydrogens (tertiary/aromatic N) is 4. The van der Waals surface area contributed by atoms with E-state index in [1.807, 2.05) is 26.8 Å². The number of rotatable bonds is 8. The normalized spacial score (nSPS) is 18.2. The summed E-state index contributed by atoms with van der Waals surface area (Å²) in [7, 11) is 2.75. The number of methoxy groups -OCH3 is 2. The van der Waals surface area contributed by atoms with Crippen LogP contribution in [0.25, 0.3) is 44.2 Å². The minimum Gasteiger partial charge on any atom is -0.453 e. The van der Waals surface area contributed by atoms with Crippen LogP contribution in [-0.4, -0.2) is 93.4 Å². The van der Waals surface area contributed by atoms with Crippen LogP contribution in [-0.2, 0) is 19.0 Å². The first kappa shape index (κ1) is 35.0. The first-order chi connectivity index (χ1) is 25.0. The number of aromatic nitrogens is 4. The highest BCUT2D eigenvalue weighted by atomic mass is 16.6. The highest BCUT2D eigenvalue weighted by Gasteiger charge is 2.37. The van der Waals surface area contributed by atoms with Gasteiger partial charge < -0.3 is 34.4 Å². The lowest BCUT2D eigenvalue weighted by Gasteiger charge is -2.27. The molecule has 3 atom stereocenters. The predicted octanol–water partition coefficient (Wildman–Crippen LogP) is 6.88. The molecule has 0 unspecified atom stereocenters. The van der Waals surface area contributed by atoms with Gasteiger partial charge in [0.1, 0.15) is 23.3 Å². The molecule has 4 heterocycles. The fraction of sp³-hybridized carbons (Fsp3) is 0.410. The Balaban J connectivity index is 1.07. The number of alkyl carbamates (subject to hydrolysis) is 1. The van der Waals surface area contributed by atoms with Crippen LogP contribution in [0.5, 0.6) is 0 Å². The van der Waals surface area contributed by atoms with Crippen molar-refractivity contribution in [3.63, 3.8) is 0 Å². The van der Waals surface area contributed by atoms with Crippen molar-refractivity contribution in [1.82, 2.24) is 35.1 Å². The number of benzene rings is 3. The van der Waals surface area contributed by atoms with E-state index in [-0.39, 0.29) is 30.7 Å². The Morgan fingerprint density at radius 3 is 2.23 bits per heavy atom. The molecule has 0 spiro atoms. The third-order valence-corrected chi connectivity index (χ3v) is 9.74. The van der Waals surface area contributed by atoms with Crippen LogP contribution >= 0.6 is 0 Å². The molecule has 5 aromatic rings. The summed E-state index contributed by atoms with van der Waals surface area (Å²) in [6.45, 7) is 6.88. The summed E-state index contributed by atoms with van der Waals surface area (Å²) in [5.74, 6) is 1.25. The van der Waals surface area contributed by atoms with E-state index >= 15 is 0 Å². The van der Waals surface area contributed by atoms with Gasteiger partial charge in [0.25, 0.3) is 0 Å². The number of ether oxygens (including phenoxy) is 3. The zero-order valence-electron chi connectivity index (χ0n) is 30.2. The number of H-pyrrole nitrogens is 2. The first-order valence-electron chi connectivity index (χ1n) is 17.7. The van der Waals surface area contributed by atoms with Crippen molar-refractivity contribution in [2.75, 3.05) is 33.9 Å². The van der Waals surface area contributed by atoms with Crippen LogP contribution < -0.4 is 5.32 Å². The maximum Gasteiger partial charge on any atom is 0.410 e. The van der Waals surface area contributed by atoms with Crippen LogP contribution in [0.1, 0.15) is 70.2 Å². The summed E-state index contributed by atoms with van der Waals surface area (Å²) in [6, 6.07) is 17.7. The van der Waals surface area contributed by atoms with E-state index in [9.17, 15) is 14.4 Å². The molecule has 13 heteroatoms. The molecule has 0 saturated carbocycles. The second-order valence-corrected chi connectivity index (χ2v) is 14.5. The van der Waals surface area contributed by atoms with Gasteiger partial charge in [-0.25, -0.2) is 19.6 Å². The van der Waals surface area contributed by atoms with Crippen molar-refractivity contribution < 1.29 is 28.6 Å². The standard InChI is InChI=1S/C39H45N7O6/c1-39(2,3)52-38(49)46-17-7-9-33(46)35-41-28-15-14-26(20-29(28)42-35)24-10-11-25-19-27(13-12-23(25)18-24)30-21-40-34(43-30)32-8-6-16-45(32)36(47)31(22-50-4)44-37(48)51-5/h10-15,18-21,31-33H,6-9,16-17,22H2,1-5H3,(H,40,43)(H,41,42)(H,44,48)/t31-,32-,33-/m0/s1. The third-order valence-electron chi connectivity index (χ3n) is 9.74. The molecule has 2 fully saturated rings. The zero-order valence-corrected chi connectivity index (χ0v) is 30.2. The van der Waals surface area contributed by atoms with E-state index in [1.54, 1.807) is 16.0 Å². The predicted molar refractivity (Wildman–Crippen MR) is 196 cm³/mol. The summed E-state index contributed by atoms with van der Waals surface area (Å²) in [5, 5.41) is 4.76. The van der Waals surface area contributed by atoms with Crippen molar-refractivity contribution in [1.29, 1.82) is 0 Å². The smallest absolute Gasteiger partial charge is 0.410 e. The number of nitrogens with one attached hydrogen (secondary N) is 3. The maximum absolute atomic E-state index is 13.4. The largest absolute Gasteiger partial charge is 0.453 e. The first-order valence-corrected chi connectivity index (χ1v) is 17.7. The van der Waals surface area contributed by atoms with Gasteiger partial charge in [-0.05, 0) is 92.6 Å². The van der Waals surface area contributed by atoms with E-state index < -0.39 is 17.7 Å². The number of carbonyl (C=O) groups is 3. The number of hydrogen-bond acceptors (Lipinski definition) is 8. The lowest BCUT2D eigenvalue weighted by atomic mass is 9.99. The molecule has 3 N–H and O–H groups in total. The average Bonchev–Trinajstić information content (AvgIpc) is 3.95. The van der Waals surface area contributed by atoms with Gasteiger partial charge in [0.15, 0.2) is 0 Å². The van der Waals surface area contributed by atoms with E-state index in [0.29, 0.717) is 18.9 Å². The van der Waals surface area contributed by atoms with Crippen LogP contribution in [0.2, 0.25) is 0 Å². The molecular weight excluding hydrogens is 662 g/mol. The molecule has 0 aliphatic carbocycles. The van der Waals surface area contributed by atoms with Crippen LogP contribution in [0.15, 0.2) is 60.8 Å². The van der Waals surface area contributed by atoms with Crippen molar-refractivity contribution in [2.45, 2.75) is 70.2 Å². The van der Waals surface area contributed by atoms with Crippen molar-refractivity contribution in [2.24, 2.45) is 0 Å². The highest BCUT2D eigenvalue weighted by molar-refractivity contribution is 5.92. The fourth-order valence-corrected chi connectivity index (χ4v) is 7.26. The third kappa shape index (κ3) is 7.18. The van der Waals surface area contributed by atoms with Gasteiger partial charge in [-0.15, -0.1) is 0 Å². The average molecular weight is 708 g/mol.